The average Bonchev–Trinajstić information content (AvgIpc) is 3.41. The van der Waals surface area contributed by atoms with Gasteiger partial charge in [-0.25, -0.2) is 0 Å². The Hall–Kier alpha value is -2.93. The van der Waals surface area contributed by atoms with Crippen molar-refractivity contribution < 1.29 is 9.53 Å². The number of anilines is 1. The lowest BCUT2D eigenvalue weighted by molar-refractivity contribution is -0.126. The third-order valence-corrected chi connectivity index (χ3v) is 6.55. The molecule has 1 aromatic carbocycles. The second kappa shape index (κ2) is 7.72. The van der Waals surface area contributed by atoms with Gasteiger partial charge in [0, 0.05) is 50.9 Å². The Kier molecular flexibility index (Phi) is 4.90. The molecule has 2 aromatic rings. The van der Waals surface area contributed by atoms with Crippen LogP contribution >= 0.6 is 0 Å². The zero-order chi connectivity index (χ0) is 20.7. The normalized spacial score (nSPS) is 20.8. The first-order valence-corrected chi connectivity index (χ1v) is 10.6. The Balaban J connectivity index is 1.40. The summed E-state index contributed by atoms with van der Waals surface area (Å²) in [4.78, 5) is 28.0. The molecule has 0 saturated carbocycles. The molecule has 1 unspecified atom stereocenters. The Labute approximate surface area is 177 Å². The van der Waals surface area contributed by atoms with Crippen LogP contribution in [0.5, 0.6) is 6.01 Å². The van der Waals surface area contributed by atoms with Crippen LogP contribution < -0.4 is 9.64 Å². The molecule has 3 aliphatic rings. The van der Waals surface area contributed by atoms with Crippen molar-refractivity contribution in [2.75, 3.05) is 38.2 Å². The Bertz CT molecular complexity index is 984. The van der Waals surface area contributed by atoms with Gasteiger partial charge in [-0.15, -0.1) is 0 Å². The van der Waals surface area contributed by atoms with E-state index in [4.69, 9.17) is 9.72 Å². The van der Waals surface area contributed by atoms with Crippen molar-refractivity contribution in [1.29, 1.82) is 0 Å². The fraction of sp³-hybridized carbons (Fsp3) is 0.435. The molecule has 156 valence electrons. The highest BCUT2D eigenvalue weighted by molar-refractivity contribution is 5.87. The molecular weight excluding hydrogens is 378 g/mol. The number of benzene rings is 1. The zero-order valence-corrected chi connectivity index (χ0v) is 17.4. The summed E-state index contributed by atoms with van der Waals surface area (Å²) < 4.78 is 5.42. The smallest absolute Gasteiger partial charge is 0.318 e. The minimum absolute atomic E-state index is 0.00813. The SMILES string of the molecule is C=CC(=O)N1CCN(c2nc(OC)nc3c2CN(C2CCc4ccccc42)C3)CC1. The number of piperazine rings is 1. The van der Waals surface area contributed by atoms with Gasteiger partial charge in [0.05, 0.1) is 12.8 Å². The van der Waals surface area contributed by atoms with Gasteiger partial charge < -0.3 is 14.5 Å². The van der Waals surface area contributed by atoms with E-state index < -0.39 is 0 Å². The lowest BCUT2D eigenvalue weighted by atomic mass is 10.1. The number of rotatable bonds is 4. The molecule has 7 nitrogen and oxygen atoms in total. The third-order valence-electron chi connectivity index (χ3n) is 6.55. The largest absolute Gasteiger partial charge is 0.467 e. The fourth-order valence-corrected chi connectivity index (χ4v) is 4.99. The quantitative estimate of drug-likeness (QED) is 0.728. The number of nitrogens with zero attached hydrogens (tertiary/aromatic N) is 5. The molecule has 1 saturated heterocycles. The van der Waals surface area contributed by atoms with Gasteiger partial charge in [0.25, 0.3) is 0 Å². The number of hydrogen-bond acceptors (Lipinski definition) is 6. The summed E-state index contributed by atoms with van der Waals surface area (Å²) in [6, 6.07) is 9.62. The molecule has 30 heavy (non-hydrogen) atoms. The van der Waals surface area contributed by atoms with Gasteiger partial charge in [-0.2, -0.15) is 9.97 Å². The van der Waals surface area contributed by atoms with E-state index in [9.17, 15) is 4.79 Å². The Morgan fingerprint density at radius 2 is 1.97 bits per heavy atom. The number of aromatic nitrogens is 2. The van der Waals surface area contributed by atoms with E-state index in [0.29, 0.717) is 25.1 Å². The van der Waals surface area contributed by atoms with Crippen LogP contribution in [0.25, 0.3) is 0 Å². The first kappa shape index (κ1) is 19.1. The summed E-state index contributed by atoms with van der Waals surface area (Å²) in [6.07, 6.45) is 3.67. The maximum absolute atomic E-state index is 11.9. The molecule has 3 heterocycles. The number of methoxy groups -OCH3 is 1. The highest BCUT2D eigenvalue weighted by Gasteiger charge is 2.35. The molecule has 1 atom stereocenters. The number of fused-ring (bicyclic) bond motifs is 2. The maximum Gasteiger partial charge on any atom is 0.318 e. The molecule has 1 aliphatic carbocycles. The van der Waals surface area contributed by atoms with E-state index >= 15 is 0 Å². The van der Waals surface area contributed by atoms with Crippen LogP contribution in [-0.4, -0.2) is 59.0 Å². The molecule has 0 bridgehead atoms. The number of carbonyl (C=O) groups is 1. The minimum atomic E-state index is -0.00813. The molecule has 0 N–H and O–H groups in total. The lowest BCUT2D eigenvalue weighted by Gasteiger charge is -2.35. The van der Waals surface area contributed by atoms with Crippen molar-refractivity contribution in [2.45, 2.75) is 32.0 Å². The van der Waals surface area contributed by atoms with Crippen LogP contribution in [0.15, 0.2) is 36.9 Å². The number of aryl methyl sites for hydroxylation is 1. The monoisotopic (exact) mass is 405 g/mol. The lowest BCUT2D eigenvalue weighted by Crippen LogP contribution is -2.48. The van der Waals surface area contributed by atoms with E-state index in [1.54, 1.807) is 7.11 Å². The van der Waals surface area contributed by atoms with Crippen LogP contribution in [0.3, 0.4) is 0 Å². The first-order valence-electron chi connectivity index (χ1n) is 10.6. The predicted octanol–water partition coefficient (Wildman–Crippen LogP) is 2.32. The predicted molar refractivity (Wildman–Crippen MR) is 114 cm³/mol. The van der Waals surface area contributed by atoms with Crippen molar-refractivity contribution in [3.63, 3.8) is 0 Å². The van der Waals surface area contributed by atoms with E-state index in [1.165, 1.54) is 22.8 Å². The number of hydrogen-bond donors (Lipinski definition) is 0. The van der Waals surface area contributed by atoms with Gasteiger partial charge in [-0.3, -0.25) is 9.69 Å². The molecular formula is C23H27N5O2. The van der Waals surface area contributed by atoms with E-state index in [0.717, 1.165) is 50.5 Å². The molecule has 0 radical (unpaired) electrons. The van der Waals surface area contributed by atoms with Crippen LogP contribution in [0.1, 0.15) is 34.8 Å². The highest BCUT2D eigenvalue weighted by Crippen LogP contribution is 2.41. The number of amides is 1. The van der Waals surface area contributed by atoms with Gasteiger partial charge in [0.15, 0.2) is 0 Å². The molecule has 1 aromatic heterocycles. The third kappa shape index (κ3) is 3.23. The summed E-state index contributed by atoms with van der Waals surface area (Å²) in [5.74, 6) is 0.947. The van der Waals surface area contributed by atoms with E-state index in [1.807, 2.05) is 4.90 Å². The van der Waals surface area contributed by atoms with Gasteiger partial charge in [-0.1, -0.05) is 30.8 Å². The summed E-state index contributed by atoms with van der Waals surface area (Å²) in [5.41, 5.74) is 5.17. The summed E-state index contributed by atoms with van der Waals surface area (Å²) in [6.45, 7) is 8.10. The van der Waals surface area contributed by atoms with Gasteiger partial charge >= 0.3 is 6.01 Å². The summed E-state index contributed by atoms with van der Waals surface area (Å²) >= 11 is 0. The molecule has 0 spiro atoms. The van der Waals surface area contributed by atoms with Gasteiger partial charge in [-0.05, 0) is 30.0 Å². The van der Waals surface area contributed by atoms with Crippen LogP contribution in [0, 0.1) is 0 Å². The number of ether oxygens (including phenoxy) is 1. The molecule has 1 fully saturated rings. The molecule has 5 rings (SSSR count). The fourth-order valence-electron chi connectivity index (χ4n) is 4.99. The Morgan fingerprint density at radius 3 is 2.73 bits per heavy atom. The van der Waals surface area contributed by atoms with Gasteiger partial charge in [0.1, 0.15) is 5.82 Å². The average molecular weight is 406 g/mol. The molecule has 7 heteroatoms. The van der Waals surface area contributed by atoms with Crippen LogP contribution in [0.2, 0.25) is 0 Å². The topological polar surface area (TPSA) is 61.8 Å². The van der Waals surface area contributed by atoms with Crippen molar-refractivity contribution in [3.8, 4) is 6.01 Å². The zero-order valence-electron chi connectivity index (χ0n) is 17.4. The minimum Gasteiger partial charge on any atom is -0.467 e. The maximum atomic E-state index is 11.9. The number of carbonyl (C=O) groups excluding carboxylic acids is 1. The Morgan fingerprint density at radius 1 is 1.17 bits per heavy atom. The summed E-state index contributed by atoms with van der Waals surface area (Å²) in [5, 5.41) is 0. The first-order chi connectivity index (χ1) is 14.7. The molecule has 2 aliphatic heterocycles. The van der Waals surface area contributed by atoms with Crippen molar-refractivity contribution in [2.24, 2.45) is 0 Å². The van der Waals surface area contributed by atoms with Gasteiger partial charge in [0.2, 0.25) is 5.91 Å². The van der Waals surface area contributed by atoms with E-state index in [-0.39, 0.29) is 5.91 Å². The second-order valence-corrected chi connectivity index (χ2v) is 8.13. The second-order valence-electron chi connectivity index (χ2n) is 8.13. The standard InChI is InChI=1S/C23H27N5O2/c1-3-21(29)26-10-12-27(13-11-26)22-18-14-28(15-19(18)24-23(25-22)30-2)20-9-8-16-6-4-5-7-17(16)20/h3-7,20H,1,8-15H2,2H3. The summed E-state index contributed by atoms with van der Waals surface area (Å²) in [7, 11) is 1.62. The van der Waals surface area contributed by atoms with Crippen molar-refractivity contribution in [1.82, 2.24) is 19.8 Å². The van der Waals surface area contributed by atoms with Crippen molar-refractivity contribution >= 4 is 11.7 Å². The van der Waals surface area contributed by atoms with Crippen LogP contribution in [0.4, 0.5) is 5.82 Å². The van der Waals surface area contributed by atoms with E-state index in [2.05, 4.69) is 45.6 Å². The van der Waals surface area contributed by atoms with Crippen LogP contribution in [-0.2, 0) is 24.3 Å². The molecule has 1 amide bonds. The highest BCUT2D eigenvalue weighted by atomic mass is 16.5. The van der Waals surface area contributed by atoms with Crippen molar-refractivity contribution in [3.05, 3.63) is 59.3 Å².